The lowest BCUT2D eigenvalue weighted by Crippen LogP contribution is -2.16. The van der Waals surface area contributed by atoms with Gasteiger partial charge in [-0.05, 0) is 18.2 Å². The highest BCUT2D eigenvalue weighted by atomic mass is 19.4. The van der Waals surface area contributed by atoms with E-state index in [0.29, 0.717) is 12.3 Å². The molecule has 0 saturated carbocycles. The number of nitrogens with zero attached hydrogens (tertiary/aromatic N) is 1. The molecule has 1 aromatic carbocycles. The molecule has 2 N–H and O–H groups in total. The van der Waals surface area contributed by atoms with Crippen molar-refractivity contribution in [2.24, 2.45) is 5.73 Å². The Morgan fingerprint density at radius 1 is 1.20 bits per heavy atom. The van der Waals surface area contributed by atoms with Crippen molar-refractivity contribution in [2.45, 2.75) is 6.18 Å². The quantitative estimate of drug-likeness (QED) is 0.941. The van der Waals surface area contributed by atoms with Crippen molar-refractivity contribution in [2.75, 3.05) is 0 Å². The Bertz CT molecular complexity index is 627. The number of ether oxygens (including phenoxy) is 1. The Hall–Kier alpha value is -2.57. The van der Waals surface area contributed by atoms with Crippen LogP contribution in [-0.2, 0) is 6.18 Å². The van der Waals surface area contributed by atoms with Gasteiger partial charge in [0.15, 0.2) is 11.4 Å². The molecule has 0 aliphatic rings. The minimum absolute atomic E-state index is 0.274. The molecular formula is C13H9F3N2O2. The maximum absolute atomic E-state index is 12.6. The minimum atomic E-state index is -4.59. The van der Waals surface area contributed by atoms with Gasteiger partial charge in [0.25, 0.3) is 5.91 Å². The second-order valence-corrected chi connectivity index (χ2v) is 3.85. The molecular weight excluding hydrogens is 273 g/mol. The molecule has 7 heteroatoms. The molecule has 104 valence electrons. The number of amides is 1. The molecule has 0 saturated heterocycles. The van der Waals surface area contributed by atoms with E-state index in [4.69, 9.17) is 10.5 Å². The summed E-state index contributed by atoms with van der Waals surface area (Å²) in [5.74, 6) is -1.03. The first-order valence-electron chi connectivity index (χ1n) is 5.48. The summed E-state index contributed by atoms with van der Waals surface area (Å²) in [7, 11) is 0. The summed E-state index contributed by atoms with van der Waals surface area (Å²) >= 11 is 0. The van der Waals surface area contributed by atoms with Crippen LogP contribution in [0.4, 0.5) is 13.2 Å². The molecule has 0 atom stereocenters. The Kier molecular flexibility index (Phi) is 3.60. The van der Waals surface area contributed by atoms with Gasteiger partial charge in [-0.3, -0.25) is 4.79 Å². The van der Waals surface area contributed by atoms with Gasteiger partial charge >= 0.3 is 6.18 Å². The summed E-state index contributed by atoms with van der Waals surface area (Å²) < 4.78 is 43.1. The summed E-state index contributed by atoms with van der Waals surface area (Å²) in [5.41, 5.74) is 3.69. The van der Waals surface area contributed by atoms with E-state index in [1.165, 1.54) is 12.1 Å². The fourth-order valence-corrected chi connectivity index (χ4v) is 1.48. The van der Waals surface area contributed by atoms with Crippen LogP contribution in [0.25, 0.3) is 0 Å². The number of hydrogen-bond donors (Lipinski definition) is 1. The number of carbonyl (C=O) groups is 1. The lowest BCUT2D eigenvalue weighted by Gasteiger charge is -2.12. The van der Waals surface area contributed by atoms with Crippen LogP contribution in [0, 0.1) is 0 Å². The second kappa shape index (κ2) is 5.20. The van der Waals surface area contributed by atoms with Crippen LogP contribution in [0.1, 0.15) is 16.1 Å². The Morgan fingerprint density at radius 3 is 2.40 bits per heavy atom. The first-order valence-corrected chi connectivity index (χ1v) is 5.48. The summed E-state index contributed by atoms with van der Waals surface area (Å²) in [6.45, 7) is 0. The number of alkyl halides is 3. The van der Waals surface area contributed by atoms with Crippen LogP contribution in [0.3, 0.4) is 0 Å². The molecule has 0 spiro atoms. The first kappa shape index (κ1) is 13.9. The second-order valence-electron chi connectivity index (χ2n) is 3.85. The van der Waals surface area contributed by atoms with Crippen LogP contribution in [0.2, 0.25) is 0 Å². The monoisotopic (exact) mass is 282 g/mol. The number of rotatable bonds is 3. The van der Waals surface area contributed by atoms with Crippen molar-refractivity contribution in [3.05, 3.63) is 53.9 Å². The van der Waals surface area contributed by atoms with E-state index in [1.807, 2.05) is 0 Å². The van der Waals surface area contributed by atoms with Gasteiger partial charge in [-0.25, -0.2) is 4.98 Å². The SMILES string of the molecule is NC(=O)c1ncc(C(F)(F)F)cc1Oc1ccccc1. The lowest BCUT2D eigenvalue weighted by molar-refractivity contribution is -0.137. The molecule has 4 nitrogen and oxygen atoms in total. The fourth-order valence-electron chi connectivity index (χ4n) is 1.48. The van der Waals surface area contributed by atoms with Gasteiger partial charge in [0.1, 0.15) is 5.75 Å². The van der Waals surface area contributed by atoms with Crippen LogP contribution in [0.15, 0.2) is 42.6 Å². The Morgan fingerprint density at radius 2 is 1.85 bits per heavy atom. The van der Waals surface area contributed by atoms with E-state index in [2.05, 4.69) is 4.98 Å². The van der Waals surface area contributed by atoms with Crippen molar-refractivity contribution in [1.29, 1.82) is 0 Å². The van der Waals surface area contributed by atoms with Crippen molar-refractivity contribution in [3.63, 3.8) is 0 Å². The lowest BCUT2D eigenvalue weighted by atomic mass is 10.2. The summed E-state index contributed by atoms with van der Waals surface area (Å²) in [5, 5.41) is 0. The fraction of sp³-hybridized carbons (Fsp3) is 0.0769. The smallest absolute Gasteiger partial charge is 0.418 e. The number of hydrogen-bond acceptors (Lipinski definition) is 3. The normalized spacial score (nSPS) is 11.2. The third kappa shape index (κ3) is 3.05. The molecule has 2 aromatic rings. The zero-order chi connectivity index (χ0) is 14.8. The van der Waals surface area contributed by atoms with Crippen molar-refractivity contribution in [3.8, 4) is 11.5 Å². The van der Waals surface area contributed by atoms with Gasteiger partial charge in [-0.2, -0.15) is 13.2 Å². The average molecular weight is 282 g/mol. The first-order chi connectivity index (χ1) is 9.38. The number of para-hydroxylation sites is 1. The number of primary amides is 1. The highest BCUT2D eigenvalue weighted by Crippen LogP contribution is 2.33. The molecule has 0 fully saturated rings. The number of halogens is 3. The summed E-state index contributed by atoms with van der Waals surface area (Å²) in [6.07, 6.45) is -4.05. The van der Waals surface area contributed by atoms with Crippen LogP contribution in [0.5, 0.6) is 11.5 Å². The molecule has 0 unspecified atom stereocenters. The zero-order valence-corrected chi connectivity index (χ0v) is 10.0. The van der Waals surface area contributed by atoms with Gasteiger partial charge in [-0.15, -0.1) is 0 Å². The van der Waals surface area contributed by atoms with Crippen molar-refractivity contribution in [1.82, 2.24) is 4.98 Å². The molecule has 0 radical (unpaired) electrons. The average Bonchev–Trinajstić information content (AvgIpc) is 2.38. The van der Waals surface area contributed by atoms with Gasteiger partial charge in [-0.1, -0.05) is 18.2 Å². The molecule has 2 rings (SSSR count). The summed E-state index contributed by atoms with van der Waals surface area (Å²) in [6, 6.07) is 8.75. The number of carbonyl (C=O) groups excluding carboxylic acids is 1. The Balaban J connectivity index is 2.45. The topological polar surface area (TPSA) is 65.2 Å². The van der Waals surface area contributed by atoms with Gasteiger partial charge in [0, 0.05) is 6.20 Å². The maximum Gasteiger partial charge on any atom is 0.418 e. The number of nitrogens with two attached hydrogens (primary N) is 1. The Labute approximate surface area is 112 Å². The molecule has 1 heterocycles. The van der Waals surface area contributed by atoms with E-state index >= 15 is 0 Å². The number of benzene rings is 1. The molecule has 0 bridgehead atoms. The standard InChI is InChI=1S/C13H9F3N2O2/c14-13(15,16)8-6-10(11(12(17)19)18-7-8)20-9-4-2-1-3-5-9/h1-7H,(H2,17,19). The van der Waals surface area contributed by atoms with Crippen LogP contribution >= 0.6 is 0 Å². The van der Waals surface area contributed by atoms with Crippen molar-refractivity contribution < 1.29 is 22.7 Å². The summed E-state index contributed by atoms with van der Waals surface area (Å²) in [4.78, 5) is 14.6. The van der Waals surface area contributed by atoms with Gasteiger partial charge in [0.05, 0.1) is 5.56 Å². The largest absolute Gasteiger partial charge is 0.455 e. The van der Waals surface area contributed by atoms with Crippen LogP contribution in [-0.4, -0.2) is 10.9 Å². The highest BCUT2D eigenvalue weighted by molar-refractivity contribution is 5.93. The molecule has 1 amide bonds. The predicted molar refractivity (Wildman–Crippen MR) is 64.3 cm³/mol. The van der Waals surface area contributed by atoms with Crippen molar-refractivity contribution >= 4 is 5.91 Å². The van der Waals surface area contributed by atoms with E-state index in [0.717, 1.165) is 0 Å². The predicted octanol–water partition coefficient (Wildman–Crippen LogP) is 2.99. The third-order valence-corrected chi connectivity index (χ3v) is 2.38. The molecule has 0 aliphatic heterocycles. The van der Waals surface area contributed by atoms with Gasteiger partial charge in [0.2, 0.25) is 0 Å². The molecule has 0 aliphatic carbocycles. The third-order valence-electron chi connectivity index (χ3n) is 2.38. The van der Waals surface area contributed by atoms with Crippen LogP contribution < -0.4 is 10.5 Å². The van der Waals surface area contributed by atoms with E-state index in [-0.39, 0.29) is 17.2 Å². The number of aromatic nitrogens is 1. The van der Waals surface area contributed by atoms with E-state index in [1.54, 1.807) is 18.2 Å². The zero-order valence-electron chi connectivity index (χ0n) is 10.0. The molecule has 20 heavy (non-hydrogen) atoms. The van der Waals surface area contributed by atoms with E-state index in [9.17, 15) is 18.0 Å². The minimum Gasteiger partial charge on any atom is -0.455 e. The maximum atomic E-state index is 12.6. The van der Waals surface area contributed by atoms with Gasteiger partial charge < -0.3 is 10.5 Å². The highest BCUT2D eigenvalue weighted by Gasteiger charge is 2.32. The number of pyridine rings is 1. The molecule has 1 aromatic heterocycles. The van der Waals surface area contributed by atoms with E-state index < -0.39 is 17.6 Å².